The summed E-state index contributed by atoms with van der Waals surface area (Å²) in [4.78, 5) is 51.1. The maximum atomic E-state index is 12.9. The van der Waals surface area contributed by atoms with E-state index in [2.05, 4.69) is 5.32 Å². The molecule has 0 saturated carbocycles. The van der Waals surface area contributed by atoms with E-state index in [0.29, 0.717) is 16.8 Å². The van der Waals surface area contributed by atoms with E-state index in [0.717, 1.165) is 4.90 Å². The van der Waals surface area contributed by atoms with Crippen LogP contribution in [0.5, 0.6) is 0 Å². The van der Waals surface area contributed by atoms with Crippen molar-refractivity contribution in [3.05, 3.63) is 65.5 Å². The number of fused-ring (bicyclic) bond motifs is 1. The first kappa shape index (κ1) is 19.2. The molecule has 2 aromatic rings. The van der Waals surface area contributed by atoms with Gasteiger partial charge in [0, 0.05) is 25.7 Å². The molecule has 0 atom stereocenters. The number of carbonyl (C=O) groups excluding carboxylic acids is 4. The van der Waals surface area contributed by atoms with Crippen molar-refractivity contribution in [3.63, 3.8) is 0 Å². The molecule has 2 aromatic carbocycles. The molecule has 8 heteroatoms. The van der Waals surface area contributed by atoms with Gasteiger partial charge >= 0.3 is 0 Å². The molecule has 0 aromatic heterocycles. The van der Waals surface area contributed by atoms with Crippen LogP contribution < -0.4 is 5.32 Å². The predicted molar refractivity (Wildman–Crippen MR) is 99.1 cm³/mol. The molecule has 0 bridgehead atoms. The topological polar surface area (TPSA) is 86.8 Å². The second-order valence-corrected chi connectivity index (χ2v) is 6.36. The lowest BCUT2D eigenvalue weighted by Gasteiger charge is -2.19. The Kier molecular flexibility index (Phi) is 5.49. The fraction of sp³-hybridized carbons (Fsp3) is 0.200. The van der Waals surface area contributed by atoms with E-state index >= 15 is 0 Å². The number of benzene rings is 2. The van der Waals surface area contributed by atoms with Crippen molar-refractivity contribution in [1.29, 1.82) is 0 Å². The van der Waals surface area contributed by atoms with E-state index in [1.54, 1.807) is 24.3 Å². The number of carbonyl (C=O) groups is 4. The van der Waals surface area contributed by atoms with E-state index in [-0.39, 0.29) is 25.4 Å². The van der Waals surface area contributed by atoms with Crippen molar-refractivity contribution in [2.75, 3.05) is 25.5 Å². The zero-order chi connectivity index (χ0) is 20.3. The van der Waals surface area contributed by atoms with E-state index < -0.39 is 23.5 Å². The highest BCUT2D eigenvalue weighted by atomic mass is 19.1. The Morgan fingerprint density at radius 3 is 2.14 bits per heavy atom. The van der Waals surface area contributed by atoms with Gasteiger partial charge in [-0.25, -0.2) is 4.39 Å². The Hall–Kier alpha value is -3.55. The van der Waals surface area contributed by atoms with Gasteiger partial charge in [-0.2, -0.15) is 0 Å². The molecule has 28 heavy (non-hydrogen) atoms. The summed E-state index contributed by atoms with van der Waals surface area (Å²) >= 11 is 0. The van der Waals surface area contributed by atoms with Crippen molar-refractivity contribution in [2.45, 2.75) is 6.42 Å². The van der Waals surface area contributed by atoms with E-state index in [4.69, 9.17) is 0 Å². The Morgan fingerprint density at radius 1 is 1.00 bits per heavy atom. The Balaban J connectivity index is 1.51. The number of likely N-dealkylation sites (N-methyl/N-ethyl adjacent to an activating group) is 1. The standard InChI is InChI=1S/C20H18FN3O4/c1-23(12-17(25)22-14-8-6-13(21)7-9-14)18(26)10-11-24-19(27)15-4-2-3-5-16(15)20(24)28/h2-9H,10-12H2,1H3,(H,22,25). The fourth-order valence-electron chi connectivity index (χ4n) is 2.88. The van der Waals surface area contributed by atoms with Gasteiger partial charge < -0.3 is 10.2 Å². The second kappa shape index (κ2) is 7.99. The molecule has 1 aliphatic rings. The molecule has 0 spiro atoms. The van der Waals surface area contributed by atoms with Crippen LogP contribution in [-0.4, -0.2) is 53.6 Å². The average molecular weight is 383 g/mol. The van der Waals surface area contributed by atoms with Crippen molar-refractivity contribution in [3.8, 4) is 0 Å². The molecule has 7 nitrogen and oxygen atoms in total. The van der Waals surface area contributed by atoms with Crippen LogP contribution in [0.25, 0.3) is 0 Å². The maximum absolute atomic E-state index is 12.9. The summed E-state index contributed by atoms with van der Waals surface area (Å²) in [5, 5.41) is 2.56. The van der Waals surface area contributed by atoms with Gasteiger partial charge in [0.2, 0.25) is 11.8 Å². The molecule has 0 unspecified atom stereocenters. The highest BCUT2D eigenvalue weighted by Crippen LogP contribution is 2.22. The maximum Gasteiger partial charge on any atom is 0.261 e. The van der Waals surface area contributed by atoms with E-state index in [1.165, 1.54) is 36.2 Å². The molecule has 0 saturated heterocycles. The number of hydrogen-bond donors (Lipinski definition) is 1. The number of anilines is 1. The van der Waals surface area contributed by atoms with Gasteiger partial charge in [-0.1, -0.05) is 12.1 Å². The van der Waals surface area contributed by atoms with Crippen molar-refractivity contribution >= 4 is 29.3 Å². The van der Waals surface area contributed by atoms with Gasteiger partial charge in [0.05, 0.1) is 17.7 Å². The summed E-state index contributed by atoms with van der Waals surface area (Å²) in [5.41, 5.74) is 1.07. The molecule has 0 fully saturated rings. The minimum absolute atomic E-state index is 0.0604. The average Bonchev–Trinajstić information content (AvgIpc) is 2.92. The lowest BCUT2D eigenvalue weighted by molar-refractivity contribution is -0.133. The number of rotatable bonds is 6. The summed E-state index contributed by atoms with van der Waals surface area (Å²) in [5.74, 6) is -2.09. The molecule has 0 radical (unpaired) electrons. The first-order valence-corrected chi connectivity index (χ1v) is 8.61. The SMILES string of the molecule is CN(CC(=O)Nc1ccc(F)cc1)C(=O)CCN1C(=O)c2ccccc2C1=O. The monoisotopic (exact) mass is 383 g/mol. The number of hydrogen-bond acceptors (Lipinski definition) is 4. The molecule has 1 aliphatic heterocycles. The molecule has 0 aliphatic carbocycles. The molecule has 4 amide bonds. The quantitative estimate of drug-likeness (QED) is 0.772. The van der Waals surface area contributed by atoms with E-state index in [1.807, 2.05) is 0 Å². The Bertz CT molecular complexity index is 908. The number of imide groups is 1. The normalized spacial score (nSPS) is 12.7. The van der Waals surface area contributed by atoms with Crippen LogP contribution in [0.3, 0.4) is 0 Å². The van der Waals surface area contributed by atoms with Crippen LogP contribution in [0.1, 0.15) is 27.1 Å². The fourth-order valence-corrected chi connectivity index (χ4v) is 2.88. The van der Waals surface area contributed by atoms with Crippen LogP contribution in [-0.2, 0) is 9.59 Å². The summed E-state index contributed by atoms with van der Waals surface area (Å²) in [6, 6.07) is 11.7. The molecule has 144 valence electrons. The van der Waals surface area contributed by atoms with Gasteiger partial charge in [0.15, 0.2) is 0 Å². The zero-order valence-corrected chi connectivity index (χ0v) is 15.1. The van der Waals surface area contributed by atoms with Crippen LogP contribution in [0.2, 0.25) is 0 Å². The third kappa shape index (κ3) is 4.06. The van der Waals surface area contributed by atoms with Gasteiger partial charge in [0.25, 0.3) is 11.8 Å². The number of amides is 4. The second-order valence-electron chi connectivity index (χ2n) is 6.36. The summed E-state index contributed by atoms with van der Waals surface area (Å²) in [7, 11) is 1.45. The van der Waals surface area contributed by atoms with Crippen LogP contribution >= 0.6 is 0 Å². The minimum Gasteiger partial charge on any atom is -0.336 e. The van der Waals surface area contributed by atoms with Gasteiger partial charge in [-0.15, -0.1) is 0 Å². The van der Waals surface area contributed by atoms with Crippen molar-refractivity contribution in [2.24, 2.45) is 0 Å². The molecular formula is C20H18FN3O4. The highest BCUT2D eigenvalue weighted by Gasteiger charge is 2.35. The minimum atomic E-state index is -0.441. The number of nitrogens with one attached hydrogen (secondary N) is 1. The largest absolute Gasteiger partial charge is 0.336 e. The smallest absolute Gasteiger partial charge is 0.261 e. The number of halogens is 1. The Labute approximate surface area is 160 Å². The van der Waals surface area contributed by atoms with Crippen LogP contribution in [0, 0.1) is 5.82 Å². The third-order valence-electron chi connectivity index (χ3n) is 4.36. The zero-order valence-electron chi connectivity index (χ0n) is 15.1. The number of nitrogens with zero attached hydrogens (tertiary/aromatic N) is 2. The first-order chi connectivity index (χ1) is 13.4. The van der Waals surface area contributed by atoms with Crippen molar-refractivity contribution < 1.29 is 23.6 Å². The summed E-state index contributed by atoms with van der Waals surface area (Å²) in [6.45, 7) is -0.270. The highest BCUT2D eigenvalue weighted by molar-refractivity contribution is 6.21. The predicted octanol–water partition coefficient (Wildman–Crippen LogP) is 1.91. The van der Waals surface area contributed by atoms with Gasteiger partial charge in [0.1, 0.15) is 5.82 Å². The van der Waals surface area contributed by atoms with Crippen LogP contribution in [0.4, 0.5) is 10.1 Å². The lowest BCUT2D eigenvalue weighted by atomic mass is 10.1. The van der Waals surface area contributed by atoms with Crippen molar-refractivity contribution in [1.82, 2.24) is 9.80 Å². The summed E-state index contributed by atoms with van der Waals surface area (Å²) < 4.78 is 12.9. The Morgan fingerprint density at radius 2 is 1.57 bits per heavy atom. The van der Waals surface area contributed by atoms with Crippen LogP contribution in [0.15, 0.2) is 48.5 Å². The molecule has 1 heterocycles. The third-order valence-corrected chi connectivity index (χ3v) is 4.36. The lowest BCUT2D eigenvalue weighted by Crippen LogP contribution is -2.38. The molecule has 3 rings (SSSR count). The van der Waals surface area contributed by atoms with E-state index in [9.17, 15) is 23.6 Å². The van der Waals surface area contributed by atoms with Gasteiger partial charge in [-0.05, 0) is 36.4 Å². The first-order valence-electron chi connectivity index (χ1n) is 8.61. The molecular weight excluding hydrogens is 365 g/mol. The summed E-state index contributed by atoms with van der Waals surface area (Å²) in [6.07, 6.45) is -0.0915. The molecule has 1 N–H and O–H groups in total. The van der Waals surface area contributed by atoms with Gasteiger partial charge in [-0.3, -0.25) is 24.1 Å².